The molecule has 0 fully saturated rings. The Morgan fingerprint density at radius 2 is 1.30 bits per heavy atom. The summed E-state index contributed by atoms with van der Waals surface area (Å²) < 4.78 is 5.70. The third kappa shape index (κ3) is 3.73. The number of ether oxygens (including phenoxy) is 1. The number of hydrogen-bond donors (Lipinski definition) is 0. The molecular formula is C19H12Cl2O2. The minimum atomic E-state index is -0.116. The lowest BCUT2D eigenvalue weighted by molar-refractivity contribution is 0.103. The van der Waals surface area contributed by atoms with Gasteiger partial charge in [-0.15, -0.1) is 0 Å². The van der Waals surface area contributed by atoms with E-state index in [2.05, 4.69) is 0 Å². The first kappa shape index (κ1) is 15.6. The number of rotatable bonds is 4. The normalized spacial score (nSPS) is 10.3. The Bertz CT molecular complexity index is 828. The molecular weight excluding hydrogens is 331 g/mol. The fourth-order valence-electron chi connectivity index (χ4n) is 2.10. The molecule has 0 heterocycles. The summed E-state index contributed by atoms with van der Waals surface area (Å²) in [5, 5.41) is 0.788. The number of benzene rings is 3. The lowest BCUT2D eigenvalue weighted by atomic mass is 10.0. The van der Waals surface area contributed by atoms with Crippen molar-refractivity contribution in [1.82, 2.24) is 0 Å². The maximum Gasteiger partial charge on any atom is 0.193 e. The van der Waals surface area contributed by atoms with Gasteiger partial charge in [-0.25, -0.2) is 0 Å². The lowest BCUT2D eigenvalue weighted by Gasteiger charge is -2.07. The van der Waals surface area contributed by atoms with Gasteiger partial charge in [0.2, 0.25) is 0 Å². The minimum absolute atomic E-state index is 0.116. The average Bonchev–Trinajstić information content (AvgIpc) is 2.58. The third-order valence-electron chi connectivity index (χ3n) is 3.28. The maximum absolute atomic E-state index is 12.4. The van der Waals surface area contributed by atoms with Gasteiger partial charge in [-0.1, -0.05) is 41.4 Å². The van der Waals surface area contributed by atoms with Crippen molar-refractivity contribution in [1.29, 1.82) is 0 Å². The van der Waals surface area contributed by atoms with E-state index in [1.165, 1.54) is 0 Å². The van der Waals surface area contributed by atoms with Crippen LogP contribution in [0, 0.1) is 0 Å². The van der Waals surface area contributed by atoms with Crippen molar-refractivity contribution in [2.45, 2.75) is 0 Å². The Morgan fingerprint density at radius 1 is 0.696 bits per heavy atom. The molecule has 0 aliphatic carbocycles. The molecule has 3 rings (SSSR count). The van der Waals surface area contributed by atoms with Crippen molar-refractivity contribution in [3.63, 3.8) is 0 Å². The van der Waals surface area contributed by atoms with Gasteiger partial charge in [-0.2, -0.15) is 0 Å². The fraction of sp³-hybridized carbons (Fsp3) is 0. The molecule has 0 saturated carbocycles. The molecule has 0 N–H and O–H groups in total. The van der Waals surface area contributed by atoms with E-state index in [-0.39, 0.29) is 5.78 Å². The molecule has 0 amide bonds. The zero-order valence-electron chi connectivity index (χ0n) is 12.0. The molecule has 0 saturated heterocycles. The molecule has 4 heteroatoms. The van der Waals surface area contributed by atoms with Gasteiger partial charge in [-0.3, -0.25) is 4.79 Å². The molecule has 3 aromatic carbocycles. The van der Waals surface area contributed by atoms with Crippen LogP contribution in [0.2, 0.25) is 10.0 Å². The van der Waals surface area contributed by atoms with E-state index in [0.29, 0.717) is 26.9 Å². The quantitative estimate of drug-likeness (QED) is 0.542. The van der Waals surface area contributed by atoms with Crippen molar-refractivity contribution >= 4 is 29.0 Å². The number of carbonyl (C=O) groups excluding carboxylic acids is 1. The number of carbonyl (C=O) groups is 1. The minimum Gasteiger partial charge on any atom is -0.457 e. The monoisotopic (exact) mass is 342 g/mol. The maximum atomic E-state index is 12.4. The average molecular weight is 343 g/mol. The number of ketones is 1. The largest absolute Gasteiger partial charge is 0.457 e. The van der Waals surface area contributed by atoms with E-state index in [0.717, 1.165) is 5.75 Å². The molecule has 0 aromatic heterocycles. The molecule has 0 radical (unpaired) electrons. The summed E-state index contributed by atoms with van der Waals surface area (Å²) in [6, 6.07) is 21.3. The molecule has 3 aromatic rings. The van der Waals surface area contributed by atoms with Gasteiger partial charge in [0.1, 0.15) is 11.5 Å². The molecule has 0 aliphatic heterocycles. The highest BCUT2D eigenvalue weighted by molar-refractivity contribution is 6.42. The Hall–Kier alpha value is -2.29. The van der Waals surface area contributed by atoms with Gasteiger partial charge >= 0.3 is 0 Å². The highest BCUT2D eigenvalue weighted by Crippen LogP contribution is 2.25. The second kappa shape index (κ2) is 6.86. The van der Waals surface area contributed by atoms with Crippen LogP contribution in [0.4, 0.5) is 0 Å². The van der Waals surface area contributed by atoms with Crippen LogP contribution < -0.4 is 4.74 Å². The van der Waals surface area contributed by atoms with Gasteiger partial charge < -0.3 is 4.74 Å². The van der Waals surface area contributed by atoms with E-state index in [1.54, 1.807) is 42.5 Å². The second-order valence-corrected chi connectivity index (χ2v) is 5.71. The summed E-state index contributed by atoms with van der Waals surface area (Å²) in [6.07, 6.45) is 0. The van der Waals surface area contributed by atoms with Crippen molar-refractivity contribution in [3.8, 4) is 11.5 Å². The van der Waals surface area contributed by atoms with Crippen molar-refractivity contribution in [2.24, 2.45) is 0 Å². The van der Waals surface area contributed by atoms with Gasteiger partial charge in [-0.05, 0) is 54.6 Å². The first-order valence-corrected chi connectivity index (χ1v) is 7.72. The molecule has 114 valence electrons. The van der Waals surface area contributed by atoms with E-state index in [4.69, 9.17) is 27.9 Å². The number of para-hydroxylation sites is 1. The highest BCUT2D eigenvalue weighted by atomic mass is 35.5. The summed E-state index contributed by atoms with van der Waals surface area (Å²) >= 11 is 11.8. The van der Waals surface area contributed by atoms with E-state index in [1.807, 2.05) is 30.3 Å². The molecule has 0 unspecified atom stereocenters. The van der Waals surface area contributed by atoms with Gasteiger partial charge in [0.05, 0.1) is 10.0 Å². The Morgan fingerprint density at radius 3 is 1.96 bits per heavy atom. The predicted molar refractivity (Wildman–Crippen MR) is 92.9 cm³/mol. The van der Waals surface area contributed by atoms with Crippen LogP contribution >= 0.6 is 23.2 Å². The van der Waals surface area contributed by atoms with Gasteiger partial charge in [0, 0.05) is 11.1 Å². The Labute approximate surface area is 144 Å². The molecule has 0 atom stereocenters. The third-order valence-corrected chi connectivity index (χ3v) is 4.02. The van der Waals surface area contributed by atoms with Gasteiger partial charge in [0.25, 0.3) is 0 Å². The van der Waals surface area contributed by atoms with Crippen molar-refractivity contribution in [3.05, 3.63) is 94.0 Å². The first-order chi connectivity index (χ1) is 11.1. The van der Waals surface area contributed by atoms with Gasteiger partial charge in [0.15, 0.2) is 5.78 Å². The van der Waals surface area contributed by atoms with Crippen molar-refractivity contribution in [2.75, 3.05) is 0 Å². The summed E-state index contributed by atoms with van der Waals surface area (Å²) in [6.45, 7) is 0. The number of hydrogen-bond acceptors (Lipinski definition) is 2. The smallest absolute Gasteiger partial charge is 0.193 e. The lowest BCUT2D eigenvalue weighted by Crippen LogP contribution is -2.01. The van der Waals surface area contributed by atoms with Crippen LogP contribution in [-0.4, -0.2) is 5.78 Å². The fourth-order valence-corrected chi connectivity index (χ4v) is 2.40. The highest BCUT2D eigenvalue weighted by Gasteiger charge is 2.11. The zero-order valence-corrected chi connectivity index (χ0v) is 13.5. The molecule has 0 bridgehead atoms. The zero-order chi connectivity index (χ0) is 16.2. The standard InChI is InChI=1S/C19H12Cl2O2/c20-17-11-8-14(12-18(17)21)19(22)13-6-9-16(10-7-13)23-15-4-2-1-3-5-15/h1-12H. The SMILES string of the molecule is O=C(c1ccc(Oc2ccccc2)cc1)c1ccc(Cl)c(Cl)c1. The van der Waals surface area contributed by atoms with Crippen LogP contribution in [0.15, 0.2) is 72.8 Å². The summed E-state index contributed by atoms with van der Waals surface area (Å²) in [4.78, 5) is 12.4. The second-order valence-electron chi connectivity index (χ2n) is 4.90. The Kier molecular flexibility index (Phi) is 4.65. The van der Waals surface area contributed by atoms with Crippen LogP contribution in [0.3, 0.4) is 0 Å². The summed E-state index contributed by atoms with van der Waals surface area (Å²) in [5.41, 5.74) is 1.06. The topological polar surface area (TPSA) is 26.3 Å². The first-order valence-electron chi connectivity index (χ1n) is 6.96. The number of halogens is 2. The van der Waals surface area contributed by atoms with Crippen LogP contribution in [0.25, 0.3) is 0 Å². The van der Waals surface area contributed by atoms with Crippen LogP contribution in [0.1, 0.15) is 15.9 Å². The molecule has 0 aliphatic rings. The van der Waals surface area contributed by atoms with E-state index >= 15 is 0 Å². The summed E-state index contributed by atoms with van der Waals surface area (Å²) in [5.74, 6) is 1.30. The van der Waals surface area contributed by atoms with Crippen molar-refractivity contribution < 1.29 is 9.53 Å². The predicted octanol–water partition coefficient (Wildman–Crippen LogP) is 6.02. The van der Waals surface area contributed by atoms with Crippen LogP contribution in [-0.2, 0) is 0 Å². The summed E-state index contributed by atoms with van der Waals surface area (Å²) in [7, 11) is 0. The van der Waals surface area contributed by atoms with E-state index in [9.17, 15) is 4.79 Å². The van der Waals surface area contributed by atoms with E-state index < -0.39 is 0 Å². The molecule has 23 heavy (non-hydrogen) atoms. The molecule has 0 spiro atoms. The van der Waals surface area contributed by atoms with Crippen LogP contribution in [0.5, 0.6) is 11.5 Å². The Balaban J connectivity index is 1.78. The molecule has 2 nitrogen and oxygen atoms in total.